The third kappa shape index (κ3) is 8.24. The smallest absolute Gasteiger partial charge is 0.329 e. The lowest BCUT2D eigenvalue weighted by Crippen LogP contribution is -2.61. The zero-order chi connectivity index (χ0) is 31.4. The van der Waals surface area contributed by atoms with Gasteiger partial charge in [-0.3, -0.25) is 24.2 Å². The molecule has 0 aliphatic carbocycles. The van der Waals surface area contributed by atoms with E-state index in [4.69, 9.17) is 4.74 Å². The zero-order valence-corrected chi connectivity index (χ0v) is 27.6. The maximum absolute atomic E-state index is 14.1. The van der Waals surface area contributed by atoms with E-state index in [9.17, 15) is 19.2 Å². The van der Waals surface area contributed by atoms with Crippen molar-refractivity contribution in [3.8, 4) is 0 Å². The van der Waals surface area contributed by atoms with Crippen LogP contribution in [-0.2, 0) is 23.9 Å². The Bertz CT molecular complexity index is 963. The topological polar surface area (TPSA) is 102 Å². The van der Waals surface area contributed by atoms with Gasteiger partial charge in [-0.05, 0) is 83.8 Å². The number of hydrogen-bond acceptors (Lipinski definition) is 7. The first kappa shape index (κ1) is 34.3. The quantitative estimate of drug-likeness (QED) is 0.390. The van der Waals surface area contributed by atoms with E-state index in [2.05, 4.69) is 29.0 Å². The third-order valence-corrected chi connectivity index (χ3v) is 9.32. The Kier molecular flexibility index (Phi) is 11.9. The second kappa shape index (κ2) is 14.5. The van der Waals surface area contributed by atoms with E-state index in [-0.39, 0.29) is 53.8 Å². The number of piperidine rings is 1. The number of nitrogens with one attached hydrogen (secondary N) is 1. The largest absolute Gasteiger partial charge is 0.461 e. The van der Waals surface area contributed by atoms with Crippen molar-refractivity contribution < 1.29 is 23.9 Å². The van der Waals surface area contributed by atoms with Crippen LogP contribution in [0.1, 0.15) is 93.4 Å². The van der Waals surface area contributed by atoms with Gasteiger partial charge >= 0.3 is 5.97 Å². The van der Waals surface area contributed by atoms with Crippen LogP contribution in [0.25, 0.3) is 0 Å². The van der Waals surface area contributed by atoms with Gasteiger partial charge in [0.15, 0.2) is 0 Å². The Balaban J connectivity index is 1.73. The van der Waals surface area contributed by atoms with Gasteiger partial charge in [0.25, 0.3) is 0 Å². The van der Waals surface area contributed by atoms with Crippen molar-refractivity contribution in [2.45, 2.75) is 130 Å². The molecule has 3 saturated heterocycles. The Labute approximate surface area is 253 Å². The fourth-order valence-corrected chi connectivity index (χ4v) is 6.78. The van der Waals surface area contributed by atoms with Gasteiger partial charge in [-0.25, -0.2) is 4.79 Å². The zero-order valence-electron chi connectivity index (χ0n) is 27.6. The first-order valence-electron chi connectivity index (χ1n) is 16.2. The highest BCUT2D eigenvalue weighted by Gasteiger charge is 2.44. The predicted molar refractivity (Wildman–Crippen MR) is 164 cm³/mol. The highest BCUT2D eigenvalue weighted by Crippen LogP contribution is 2.29. The molecule has 3 amide bonds. The van der Waals surface area contributed by atoms with Gasteiger partial charge in [-0.1, -0.05) is 41.0 Å². The molecule has 0 saturated carbocycles. The molecule has 5 atom stereocenters. The Hall–Kier alpha value is -2.20. The number of likely N-dealkylation sites (tertiary alicyclic amines) is 3. The Morgan fingerprint density at radius 2 is 1.50 bits per heavy atom. The monoisotopic (exact) mass is 591 g/mol. The van der Waals surface area contributed by atoms with Crippen LogP contribution in [0, 0.1) is 11.3 Å². The van der Waals surface area contributed by atoms with E-state index in [0.29, 0.717) is 19.5 Å². The van der Waals surface area contributed by atoms with E-state index >= 15 is 0 Å². The average molecular weight is 592 g/mol. The SMILES string of the molecule is CC(C)OC(=O)[C@@H]1CCCN1C(=O)C1CCCN1C[C@H](C(C)C)N(C)C(=O)C(NC(=O)C1CCCCN1C)C(C)(C)C. The molecule has 10 nitrogen and oxygen atoms in total. The number of nitrogens with zero attached hydrogens (tertiary/aromatic N) is 4. The maximum Gasteiger partial charge on any atom is 0.329 e. The highest BCUT2D eigenvalue weighted by atomic mass is 16.5. The number of rotatable bonds is 10. The second-order valence-electron chi connectivity index (χ2n) is 14.4. The fourth-order valence-electron chi connectivity index (χ4n) is 6.78. The van der Waals surface area contributed by atoms with Crippen LogP contribution < -0.4 is 5.32 Å². The minimum Gasteiger partial charge on any atom is -0.461 e. The standard InChI is InChI=1S/C32H57N5O5/c1-21(2)26(35(9)30(40)27(32(5,6)7)33-28(38)23-14-10-11-17-34(23)8)20-36-18-12-15-24(36)29(39)37-19-13-16-25(37)31(41)42-22(3)4/h21-27H,10-20H2,1-9H3,(H,33,38)/t23?,24?,25-,26+,27?/m0/s1. The van der Waals surface area contributed by atoms with Crippen LogP contribution >= 0.6 is 0 Å². The predicted octanol–water partition coefficient (Wildman–Crippen LogP) is 2.89. The molecule has 42 heavy (non-hydrogen) atoms. The fraction of sp³-hybridized carbons (Fsp3) is 0.875. The normalized spacial score (nSPS) is 25.5. The lowest BCUT2D eigenvalue weighted by atomic mass is 9.84. The summed E-state index contributed by atoms with van der Waals surface area (Å²) in [7, 11) is 3.81. The molecule has 3 unspecified atom stereocenters. The molecule has 3 heterocycles. The van der Waals surface area contributed by atoms with Crippen LogP contribution in [0.5, 0.6) is 0 Å². The highest BCUT2D eigenvalue weighted by molar-refractivity contribution is 5.91. The molecule has 0 radical (unpaired) electrons. The van der Waals surface area contributed by atoms with E-state index in [1.807, 2.05) is 48.7 Å². The number of carbonyl (C=O) groups excluding carboxylic acids is 4. The van der Waals surface area contributed by atoms with Gasteiger partial charge in [0.05, 0.1) is 18.2 Å². The first-order valence-corrected chi connectivity index (χ1v) is 16.2. The van der Waals surface area contributed by atoms with Crippen molar-refractivity contribution in [2.24, 2.45) is 11.3 Å². The summed E-state index contributed by atoms with van der Waals surface area (Å²) in [6, 6.07) is -1.87. The molecule has 3 aliphatic heterocycles. The molecule has 3 fully saturated rings. The summed E-state index contributed by atoms with van der Waals surface area (Å²) in [4.78, 5) is 61.8. The van der Waals surface area contributed by atoms with Crippen molar-refractivity contribution in [3.63, 3.8) is 0 Å². The number of ether oxygens (including phenoxy) is 1. The van der Waals surface area contributed by atoms with Gasteiger partial charge in [-0.15, -0.1) is 0 Å². The summed E-state index contributed by atoms with van der Waals surface area (Å²) in [5.41, 5.74) is -0.475. The Morgan fingerprint density at radius 1 is 0.881 bits per heavy atom. The van der Waals surface area contributed by atoms with Crippen LogP contribution in [0.4, 0.5) is 0 Å². The molecule has 0 bridgehead atoms. The molecule has 0 spiro atoms. The summed E-state index contributed by atoms with van der Waals surface area (Å²) in [6.45, 7) is 16.6. The van der Waals surface area contributed by atoms with Crippen LogP contribution in [0.15, 0.2) is 0 Å². The first-order chi connectivity index (χ1) is 19.6. The molecular weight excluding hydrogens is 534 g/mol. The van der Waals surface area contributed by atoms with Crippen molar-refractivity contribution in [1.29, 1.82) is 0 Å². The molecule has 1 N–H and O–H groups in total. The number of amides is 3. The van der Waals surface area contributed by atoms with Crippen molar-refractivity contribution in [2.75, 3.05) is 40.3 Å². The van der Waals surface area contributed by atoms with Crippen molar-refractivity contribution >= 4 is 23.7 Å². The van der Waals surface area contributed by atoms with E-state index in [1.54, 1.807) is 9.80 Å². The minimum atomic E-state index is -0.667. The molecule has 0 aromatic rings. The molecule has 3 rings (SSSR count). The van der Waals surface area contributed by atoms with Gasteiger partial charge in [0.2, 0.25) is 17.7 Å². The number of hydrogen-bond donors (Lipinski definition) is 1. The summed E-state index contributed by atoms with van der Waals surface area (Å²) >= 11 is 0. The molecule has 10 heteroatoms. The van der Waals surface area contributed by atoms with Crippen LogP contribution in [-0.4, -0.2) is 120 Å². The van der Waals surface area contributed by atoms with E-state index in [0.717, 1.165) is 51.6 Å². The van der Waals surface area contributed by atoms with Crippen LogP contribution in [0.3, 0.4) is 0 Å². The third-order valence-electron chi connectivity index (χ3n) is 9.32. The van der Waals surface area contributed by atoms with Crippen LogP contribution in [0.2, 0.25) is 0 Å². The summed E-state index contributed by atoms with van der Waals surface area (Å²) in [5, 5.41) is 3.13. The summed E-state index contributed by atoms with van der Waals surface area (Å²) in [6.07, 6.45) is 5.73. The lowest BCUT2D eigenvalue weighted by molar-refractivity contribution is -0.158. The number of esters is 1. The second-order valence-corrected chi connectivity index (χ2v) is 14.4. The van der Waals surface area contributed by atoms with Gasteiger partial charge in [0, 0.05) is 26.2 Å². The van der Waals surface area contributed by atoms with E-state index < -0.39 is 17.5 Å². The molecule has 0 aromatic carbocycles. The molecule has 3 aliphatic rings. The van der Waals surface area contributed by atoms with Gasteiger partial charge < -0.3 is 19.9 Å². The molecule has 240 valence electrons. The van der Waals surface area contributed by atoms with Crippen molar-refractivity contribution in [1.82, 2.24) is 24.9 Å². The number of carbonyl (C=O) groups is 4. The average Bonchev–Trinajstić information content (AvgIpc) is 3.58. The minimum absolute atomic E-state index is 0.0105. The molecular formula is C32H57N5O5. The lowest BCUT2D eigenvalue weighted by Gasteiger charge is -2.41. The van der Waals surface area contributed by atoms with Crippen molar-refractivity contribution in [3.05, 3.63) is 0 Å². The van der Waals surface area contributed by atoms with Gasteiger partial charge in [-0.2, -0.15) is 0 Å². The summed E-state index contributed by atoms with van der Waals surface area (Å²) in [5.74, 6) is -0.381. The summed E-state index contributed by atoms with van der Waals surface area (Å²) < 4.78 is 5.46. The molecule has 0 aromatic heterocycles. The van der Waals surface area contributed by atoms with Gasteiger partial charge in [0.1, 0.15) is 12.1 Å². The maximum atomic E-state index is 14.1. The Morgan fingerprint density at radius 3 is 2.10 bits per heavy atom. The number of likely N-dealkylation sites (N-methyl/N-ethyl adjacent to an activating group) is 2. The van der Waals surface area contributed by atoms with E-state index in [1.165, 1.54) is 0 Å².